The molecule has 0 fully saturated rings. The highest BCUT2D eigenvalue weighted by Crippen LogP contribution is 2.34. The van der Waals surface area contributed by atoms with Gasteiger partial charge in [0.15, 0.2) is 11.5 Å². The Kier molecular flexibility index (Phi) is 6.82. The van der Waals surface area contributed by atoms with Crippen molar-refractivity contribution >= 4 is 17.4 Å². The summed E-state index contributed by atoms with van der Waals surface area (Å²) in [7, 11) is 3.23. The van der Waals surface area contributed by atoms with Gasteiger partial charge in [0.05, 0.1) is 26.0 Å². The van der Waals surface area contributed by atoms with Gasteiger partial charge in [-0.25, -0.2) is 9.80 Å². The van der Waals surface area contributed by atoms with E-state index in [1.54, 1.807) is 19.2 Å². The van der Waals surface area contributed by atoms with E-state index in [9.17, 15) is 4.79 Å². The highest BCUT2D eigenvalue weighted by molar-refractivity contribution is 6.14. The molecule has 0 spiro atoms. The van der Waals surface area contributed by atoms with E-state index in [-0.39, 0.29) is 12.1 Å². The van der Waals surface area contributed by atoms with Crippen molar-refractivity contribution in [3.8, 4) is 11.5 Å². The smallest absolute Gasteiger partial charge is 0.338 e. The number of benzene rings is 2. The molecule has 3 rings (SSSR count). The van der Waals surface area contributed by atoms with Gasteiger partial charge in [-0.3, -0.25) is 0 Å². The lowest BCUT2D eigenvalue weighted by Crippen LogP contribution is -2.42. The van der Waals surface area contributed by atoms with Crippen LogP contribution in [0, 0.1) is 0 Å². The zero-order valence-corrected chi connectivity index (χ0v) is 18.1. The van der Waals surface area contributed by atoms with Crippen LogP contribution < -0.4 is 20.5 Å². The Morgan fingerprint density at radius 3 is 2.50 bits per heavy atom. The lowest BCUT2D eigenvalue weighted by atomic mass is 9.94. The monoisotopic (exact) mass is 410 g/mol. The number of ether oxygens (including phenoxy) is 2. The van der Waals surface area contributed by atoms with Crippen molar-refractivity contribution in [2.24, 2.45) is 5.10 Å². The largest absolute Gasteiger partial charge is 0.493 e. The maximum absolute atomic E-state index is 12.9. The summed E-state index contributed by atoms with van der Waals surface area (Å²) in [5.41, 5.74) is 10.1. The number of carbonyl (C=O) groups is 1. The van der Waals surface area contributed by atoms with Gasteiger partial charge in [-0.2, -0.15) is 5.10 Å². The van der Waals surface area contributed by atoms with E-state index in [1.165, 1.54) is 0 Å². The number of urea groups is 1. The number of nitrogen functional groups attached to an aromatic ring is 1. The summed E-state index contributed by atoms with van der Waals surface area (Å²) in [6, 6.07) is 11.1. The van der Waals surface area contributed by atoms with E-state index >= 15 is 0 Å². The summed E-state index contributed by atoms with van der Waals surface area (Å²) < 4.78 is 11.0. The molecule has 1 unspecified atom stereocenters. The molecule has 2 aromatic carbocycles. The summed E-state index contributed by atoms with van der Waals surface area (Å²) in [5.74, 6) is 1.27. The number of methoxy groups -OCH3 is 2. The minimum Gasteiger partial charge on any atom is -0.493 e. The predicted molar refractivity (Wildman–Crippen MR) is 119 cm³/mol. The number of amides is 2. The minimum atomic E-state index is -0.198. The molecule has 0 saturated carbocycles. The molecule has 0 bridgehead atoms. The van der Waals surface area contributed by atoms with Crippen LogP contribution in [-0.4, -0.2) is 43.6 Å². The van der Waals surface area contributed by atoms with E-state index < -0.39 is 0 Å². The number of nitrogens with one attached hydrogen (secondary N) is 1. The number of fused-ring (bicyclic) bond motifs is 1. The second kappa shape index (κ2) is 9.52. The van der Waals surface area contributed by atoms with Crippen LogP contribution >= 0.6 is 0 Å². The molecule has 0 saturated heterocycles. The van der Waals surface area contributed by atoms with E-state index in [2.05, 4.69) is 12.2 Å². The molecule has 160 valence electrons. The molecular weight excluding hydrogens is 380 g/mol. The van der Waals surface area contributed by atoms with Crippen LogP contribution in [0.4, 0.5) is 10.5 Å². The average molecular weight is 411 g/mol. The Morgan fingerprint density at radius 2 is 1.87 bits per heavy atom. The lowest BCUT2D eigenvalue weighted by Gasteiger charge is -2.23. The zero-order valence-electron chi connectivity index (χ0n) is 18.1. The van der Waals surface area contributed by atoms with Crippen molar-refractivity contribution in [2.75, 3.05) is 26.5 Å². The van der Waals surface area contributed by atoms with Crippen LogP contribution in [0.2, 0.25) is 0 Å². The third-order valence-corrected chi connectivity index (χ3v) is 5.20. The van der Waals surface area contributed by atoms with Gasteiger partial charge in [0, 0.05) is 23.4 Å². The number of nitrogens with two attached hydrogens (primary N) is 1. The standard InChI is InChI=1S/C23H30N4O3/c1-5-6-11-25-23(28)27-15(2)12-17-13-20(29-3)21(30-4)14-19(17)22(26-27)16-7-9-18(24)10-8-16/h7-10,13-15H,5-6,11-12,24H2,1-4H3,(H,25,28). The number of anilines is 1. The minimum absolute atomic E-state index is 0.130. The Hall–Kier alpha value is -3.22. The fraction of sp³-hybridized carbons (Fsp3) is 0.391. The molecule has 0 aromatic heterocycles. The zero-order chi connectivity index (χ0) is 21.7. The first kappa shape index (κ1) is 21.5. The number of hydrazone groups is 1. The van der Waals surface area contributed by atoms with Crippen LogP contribution in [0.25, 0.3) is 0 Å². The fourth-order valence-corrected chi connectivity index (χ4v) is 3.53. The predicted octanol–water partition coefficient (Wildman–Crippen LogP) is 3.79. The van der Waals surface area contributed by atoms with Crippen molar-refractivity contribution in [3.63, 3.8) is 0 Å². The van der Waals surface area contributed by atoms with E-state index in [0.29, 0.717) is 35.9 Å². The topological polar surface area (TPSA) is 89.2 Å². The first-order chi connectivity index (χ1) is 14.5. The van der Waals surface area contributed by atoms with Gasteiger partial charge in [-0.1, -0.05) is 25.5 Å². The van der Waals surface area contributed by atoms with Crippen LogP contribution in [-0.2, 0) is 6.42 Å². The fourth-order valence-electron chi connectivity index (χ4n) is 3.53. The summed E-state index contributed by atoms with van der Waals surface area (Å²) in [6.45, 7) is 4.71. The molecule has 0 radical (unpaired) electrons. The van der Waals surface area contributed by atoms with Crippen molar-refractivity contribution in [2.45, 2.75) is 39.2 Å². The Labute approximate surface area is 177 Å². The number of carbonyl (C=O) groups excluding carboxylic acids is 1. The van der Waals surface area contributed by atoms with Crippen LogP contribution in [0.3, 0.4) is 0 Å². The molecule has 0 aliphatic carbocycles. The lowest BCUT2D eigenvalue weighted by molar-refractivity contribution is 0.182. The van der Waals surface area contributed by atoms with Gasteiger partial charge >= 0.3 is 6.03 Å². The molecule has 2 aromatic rings. The number of nitrogens with zero attached hydrogens (tertiary/aromatic N) is 2. The number of unbranched alkanes of at least 4 members (excludes halogenated alkanes) is 1. The quantitative estimate of drug-likeness (QED) is 0.560. The molecule has 1 aliphatic rings. The summed E-state index contributed by atoms with van der Waals surface area (Å²) >= 11 is 0. The second-order valence-corrected chi connectivity index (χ2v) is 7.42. The Bertz CT molecular complexity index is 925. The first-order valence-corrected chi connectivity index (χ1v) is 10.2. The summed E-state index contributed by atoms with van der Waals surface area (Å²) in [6.07, 6.45) is 2.58. The maximum atomic E-state index is 12.9. The molecule has 1 atom stereocenters. The third-order valence-electron chi connectivity index (χ3n) is 5.20. The molecule has 7 nitrogen and oxygen atoms in total. The van der Waals surface area contributed by atoms with Gasteiger partial charge in [-0.15, -0.1) is 0 Å². The van der Waals surface area contributed by atoms with Crippen molar-refractivity contribution in [1.82, 2.24) is 10.3 Å². The molecule has 1 aliphatic heterocycles. The number of rotatable bonds is 6. The molecule has 7 heteroatoms. The molecule has 1 heterocycles. The van der Waals surface area contributed by atoms with Gasteiger partial charge in [0.1, 0.15) is 0 Å². The normalized spacial score (nSPS) is 15.7. The second-order valence-electron chi connectivity index (χ2n) is 7.42. The van der Waals surface area contributed by atoms with Gasteiger partial charge in [-0.05, 0) is 49.6 Å². The number of hydrogen-bond donors (Lipinski definition) is 2. The number of hydrogen-bond acceptors (Lipinski definition) is 5. The van der Waals surface area contributed by atoms with E-state index in [1.807, 2.05) is 43.3 Å². The third kappa shape index (κ3) is 4.50. The van der Waals surface area contributed by atoms with Crippen LogP contribution in [0.1, 0.15) is 43.4 Å². The highest BCUT2D eigenvalue weighted by atomic mass is 16.5. The van der Waals surface area contributed by atoms with Crippen molar-refractivity contribution in [1.29, 1.82) is 0 Å². The molecule has 3 N–H and O–H groups in total. The SMILES string of the molecule is CCCCNC(=O)N1N=C(c2ccc(N)cc2)c2cc(OC)c(OC)cc2CC1C. The van der Waals surface area contributed by atoms with Gasteiger partial charge < -0.3 is 20.5 Å². The molecular formula is C23H30N4O3. The molecule has 2 amide bonds. The van der Waals surface area contributed by atoms with Crippen LogP contribution in [0.5, 0.6) is 11.5 Å². The highest BCUT2D eigenvalue weighted by Gasteiger charge is 2.28. The van der Waals surface area contributed by atoms with E-state index in [0.717, 1.165) is 29.5 Å². The Balaban J connectivity index is 2.11. The van der Waals surface area contributed by atoms with Crippen molar-refractivity contribution < 1.29 is 14.3 Å². The summed E-state index contributed by atoms with van der Waals surface area (Å²) in [4.78, 5) is 12.9. The van der Waals surface area contributed by atoms with Crippen molar-refractivity contribution in [3.05, 3.63) is 53.1 Å². The van der Waals surface area contributed by atoms with Gasteiger partial charge in [0.25, 0.3) is 0 Å². The Morgan fingerprint density at radius 1 is 1.20 bits per heavy atom. The van der Waals surface area contributed by atoms with E-state index in [4.69, 9.17) is 20.3 Å². The van der Waals surface area contributed by atoms with Crippen LogP contribution in [0.15, 0.2) is 41.5 Å². The summed E-state index contributed by atoms with van der Waals surface area (Å²) in [5, 5.41) is 9.33. The van der Waals surface area contributed by atoms with Gasteiger partial charge in [0.2, 0.25) is 0 Å². The average Bonchev–Trinajstić information content (AvgIpc) is 2.89. The molecule has 30 heavy (non-hydrogen) atoms. The maximum Gasteiger partial charge on any atom is 0.338 e. The first-order valence-electron chi connectivity index (χ1n) is 10.2.